The summed E-state index contributed by atoms with van der Waals surface area (Å²) in [5, 5.41) is 1.07. The van der Waals surface area contributed by atoms with E-state index in [9.17, 15) is 4.79 Å². The van der Waals surface area contributed by atoms with E-state index in [4.69, 9.17) is 16.3 Å². The molecule has 28 heavy (non-hydrogen) atoms. The van der Waals surface area contributed by atoms with Crippen LogP contribution in [0.4, 0.5) is 10.5 Å². The Hall–Kier alpha value is -2.97. The van der Waals surface area contributed by atoms with Gasteiger partial charge in [-0.3, -0.25) is 0 Å². The van der Waals surface area contributed by atoms with E-state index < -0.39 is 11.7 Å². The van der Waals surface area contributed by atoms with E-state index in [2.05, 4.69) is 16.8 Å². The maximum atomic E-state index is 12.8. The van der Waals surface area contributed by atoms with Crippen molar-refractivity contribution in [3.05, 3.63) is 58.9 Å². The monoisotopic (exact) mass is 395 g/mol. The zero-order chi connectivity index (χ0) is 20.5. The SMILES string of the molecule is CN(C)c1ccc(C#Cc2cc3ccc(Cl)nc3n2C(=O)OC(C)(C)C)cc1. The van der Waals surface area contributed by atoms with Gasteiger partial charge in [-0.15, -0.1) is 0 Å². The van der Waals surface area contributed by atoms with Gasteiger partial charge >= 0.3 is 6.09 Å². The second-order valence-electron chi connectivity index (χ2n) is 7.58. The molecule has 0 aliphatic heterocycles. The third kappa shape index (κ3) is 4.47. The van der Waals surface area contributed by atoms with Gasteiger partial charge in [0.25, 0.3) is 0 Å². The number of ether oxygens (including phenoxy) is 1. The average Bonchev–Trinajstić information content (AvgIpc) is 2.96. The molecule has 0 radical (unpaired) electrons. The maximum absolute atomic E-state index is 12.8. The van der Waals surface area contributed by atoms with Gasteiger partial charge in [-0.2, -0.15) is 0 Å². The molecular formula is C22H22ClN3O2. The van der Waals surface area contributed by atoms with Crippen molar-refractivity contribution in [3.63, 3.8) is 0 Å². The lowest BCUT2D eigenvalue weighted by Gasteiger charge is -2.20. The Bertz CT molecular complexity index is 1080. The minimum atomic E-state index is -0.640. The Morgan fingerprint density at radius 2 is 1.79 bits per heavy atom. The zero-order valence-electron chi connectivity index (χ0n) is 16.6. The van der Waals surface area contributed by atoms with Crippen LogP contribution in [-0.4, -0.2) is 35.3 Å². The smallest absolute Gasteiger partial charge is 0.421 e. The van der Waals surface area contributed by atoms with Crippen LogP contribution in [0, 0.1) is 11.8 Å². The highest BCUT2D eigenvalue weighted by molar-refractivity contribution is 6.29. The fraction of sp³-hybridized carbons (Fsp3) is 0.273. The first-order chi connectivity index (χ1) is 13.1. The quantitative estimate of drug-likeness (QED) is 0.432. The van der Waals surface area contributed by atoms with Gasteiger partial charge in [0.1, 0.15) is 16.4 Å². The zero-order valence-corrected chi connectivity index (χ0v) is 17.3. The van der Waals surface area contributed by atoms with Gasteiger partial charge in [0, 0.05) is 30.7 Å². The lowest BCUT2D eigenvalue weighted by molar-refractivity contribution is 0.0542. The summed E-state index contributed by atoms with van der Waals surface area (Å²) < 4.78 is 6.90. The first-order valence-electron chi connectivity index (χ1n) is 8.85. The molecule has 0 amide bonds. The Morgan fingerprint density at radius 1 is 1.11 bits per heavy atom. The number of hydrogen-bond donors (Lipinski definition) is 0. The number of rotatable bonds is 1. The highest BCUT2D eigenvalue weighted by Crippen LogP contribution is 2.22. The molecule has 0 fully saturated rings. The van der Waals surface area contributed by atoms with E-state index in [-0.39, 0.29) is 0 Å². The van der Waals surface area contributed by atoms with Crippen molar-refractivity contribution >= 4 is 34.4 Å². The normalized spacial score (nSPS) is 11.1. The minimum absolute atomic E-state index is 0.300. The second-order valence-corrected chi connectivity index (χ2v) is 7.97. The Balaban J connectivity index is 2.06. The molecule has 0 aliphatic carbocycles. The van der Waals surface area contributed by atoms with Crippen molar-refractivity contribution in [2.45, 2.75) is 26.4 Å². The number of carbonyl (C=O) groups is 1. The second kappa shape index (κ2) is 7.57. The molecule has 0 unspecified atom stereocenters. The molecule has 0 bridgehead atoms. The molecule has 1 aromatic carbocycles. The first-order valence-corrected chi connectivity index (χ1v) is 9.22. The van der Waals surface area contributed by atoms with Gasteiger partial charge in [-0.1, -0.05) is 17.5 Å². The van der Waals surface area contributed by atoms with Crippen LogP contribution >= 0.6 is 11.6 Å². The summed E-state index contributed by atoms with van der Waals surface area (Å²) in [6.45, 7) is 5.44. The van der Waals surface area contributed by atoms with Crippen LogP contribution in [0.25, 0.3) is 11.0 Å². The first kappa shape index (κ1) is 19.8. The van der Waals surface area contributed by atoms with Gasteiger partial charge in [0.2, 0.25) is 0 Å². The Kier molecular flexibility index (Phi) is 5.35. The molecule has 3 rings (SSSR count). The molecule has 2 heterocycles. The Labute approximate surface area is 169 Å². The van der Waals surface area contributed by atoms with Gasteiger partial charge in [0.15, 0.2) is 5.65 Å². The van der Waals surface area contributed by atoms with Gasteiger partial charge in [0.05, 0.1) is 0 Å². The molecule has 0 N–H and O–H groups in total. The molecule has 0 saturated heterocycles. The predicted molar refractivity (Wildman–Crippen MR) is 113 cm³/mol. The third-order valence-electron chi connectivity index (χ3n) is 3.91. The van der Waals surface area contributed by atoms with Crippen molar-refractivity contribution < 1.29 is 9.53 Å². The summed E-state index contributed by atoms with van der Waals surface area (Å²) >= 11 is 6.03. The van der Waals surface area contributed by atoms with E-state index in [1.165, 1.54) is 4.57 Å². The average molecular weight is 396 g/mol. The van der Waals surface area contributed by atoms with E-state index in [0.717, 1.165) is 16.6 Å². The highest BCUT2D eigenvalue weighted by Gasteiger charge is 2.22. The van der Waals surface area contributed by atoms with Crippen LogP contribution in [-0.2, 0) is 4.74 Å². The van der Waals surface area contributed by atoms with Crippen LogP contribution in [0.3, 0.4) is 0 Å². The number of aromatic nitrogens is 2. The molecule has 6 heteroatoms. The van der Waals surface area contributed by atoms with Crippen molar-refractivity contribution in [1.82, 2.24) is 9.55 Å². The number of carbonyl (C=O) groups excluding carboxylic acids is 1. The summed E-state index contributed by atoms with van der Waals surface area (Å²) in [4.78, 5) is 19.1. The highest BCUT2D eigenvalue weighted by atomic mass is 35.5. The minimum Gasteiger partial charge on any atom is -0.443 e. The van der Waals surface area contributed by atoms with Gasteiger partial charge < -0.3 is 9.64 Å². The van der Waals surface area contributed by atoms with Gasteiger partial charge in [-0.05, 0) is 69.2 Å². The van der Waals surface area contributed by atoms with Crippen LogP contribution < -0.4 is 4.90 Å². The summed E-state index contributed by atoms with van der Waals surface area (Å²) in [5.74, 6) is 6.17. The molecule has 5 nitrogen and oxygen atoms in total. The largest absolute Gasteiger partial charge is 0.443 e. The van der Waals surface area contributed by atoms with Crippen LogP contribution in [0.5, 0.6) is 0 Å². The number of pyridine rings is 1. The van der Waals surface area contributed by atoms with Crippen LogP contribution in [0.1, 0.15) is 32.0 Å². The van der Waals surface area contributed by atoms with E-state index >= 15 is 0 Å². The molecular weight excluding hydrogens is 374 g/mol. The van der Waals surface area contributed by atoms with E-state index in [0.29, 0.717) is 16.5 Å². The molecule has 3 aromatic rings. The van der Waals surface area contributed by atoms with Crippen LogP contribution in [0.15, 0.2) is 42.5 Å². The summed E-state index contributed by atoms with van der Waals surface area (Å²) in [7, 11) is 3.97. The standard InChI is InChI=1S/C22H22ClN3O2/c1-22(2,3)28-21(27)26-18(14-16-9-13-19(23)24-20(16)26)12-8-15-6-10-17(11-7-15)25(4)5/h6-7,9-11,13-14H,1-5H3. The summed E-state index contributed by atoms with van der Waals surface area (Å²) in [6.07, 6.45) is -0.537. The number of nitrogens with zero attached hydrogens (tertiary/aromatic N) is 3. The van der Waals surface area contributed by atoms with Crippen molar-refractivity contribution in [2.75, 3.05) is 19.0 Å². The van der Waals surface area contributed by atoms with Crippen molar-refractivity contribution in [2.24, 2.45) is 0 Å². The number of anilines is 1. The number of hydrogen-bond acceptors (Lipinski definition) is 4. The lowest BCUT2D eigenvalue weighted by atomic mass is 10.2. The molecule has 2 aromatic heterocycles. The Morgan fingerprint density at radius 3 is 2.39 bits per heavy atom. The molecule has 0 saturated carbocycles. The van der Waals surface area contributed by atoms with Gasteiger partial charge in [-0.25, -0.2) is 14.3 Å². The van der Waals surface area contributed by atoms with Crippen molar-refractivity contribution in [3.8, 4) is 11.8 Å². The third-order valence-corrected chi connectivity index (χ3v) is 4.12. The lowest BCUT2D eigenvalue weighted by Crippen LogP contribution is -2.27. The maximum Gasteiger partial charge on any atom is 0.421 e. The van der Waals surface area contributed by atoms with E-state index in [1.54, 1.807) is 6.07 Å². The number of halogens is 1. The topological polar surface area (TPSA) is 47.4 Å². The van der Waals surface area contributed by atoms with Crippen LogP contribution in [0.2, 0.25) is 5.15 Å². The molecule has 0 aliphatic rings. The van der Waals surface area contributed by atoms with Crippen molar-refractivity contribution in [1.29, 1.82) is 0 Å². The number of benzene rings is 1. The molecule has 144 valence electrons. The number of fused-ring (bicyclic) bond motifs is 1. The fourth-order valence-corrected chi connectivity index (χ4v) is 2.76. The summed E-state index contributed by atoms with van der Waals surface area (Å²) in [5.41, 5.74) is 2.22. The predicted octanol–water partition coefficient (Wildman–Crippen LogP) is 4.94. The van der Waals surface area contributed by atoms with E-state index in [1.807, 2.05) is 76.2 Å². The summed E-state index contributed by atoms with van der Waals surface area (Å²) in [6, 6.07) is 13.2. The molecule has 0 atom stereocenters. The fourth-order valence-electron chi connectivity index (χ4n) is 2.62. The molecule has 0 spiro atoms.